The standard InChI is InChI=1S/C40H36N2/c1-4-15-31(16-5-1)37-24-12-13-25-39(37)41(33-19-6-2-7-20-33)35-27-29-36(30-28-35)42(34-21-8-3-9-22-34)40-26-14-18-32-17-10-11-23-38(32)40/h1-11,15-17,19-23,26-30H,12-14,18,24-25H2. The Labute approximate surface area is 249 Å². The zero-order chi connectivity index (χ0) is 28.1. The van der Waals surface area contributed by atoms with Gasteiger partial charge in [-0.2, -0.15) is 0 Å². The molecule has 0 aliphatic heterocycles. The minimum atomic E-state index is 1.05. The topological polar surface area (TPSA) is 6.48 Å². The highest BCUT2D eigenvalue weighted by molar-refractivity contribution is 5.90. The maximum absolute atomic E-state index is 2.49. The van der Waals surface area contributed by atoms with E-state index in [9.17, 15) is 0 Å². The van der Waals surface area contributed by atoms with E-state index in [0.29, 0.717) is 0 Å². The fourth-order valence-corrected chi connectivity index (χ4v) is 6.55. The van der Waals surface area contributed by atoms with Crippen LogP contribution >= 0.6 is 0 Å². The molecule has 5 aromatic rings. The summed E-state index contributed by atoms with van der Waals surface area (Å²) in [6.45, 7) is 0. The smallest absolute Gasteiger partial charge is 0.0497 e. The van der Waals surface area contributed by atoms with Crippen LogP contribution in [0, 0.1) is 0 Å². The second-order valence-corrected chi connectivity index (χ2v) is 11.1. The Bertz CT molecular complexity index is 1700. The highest BCUT2D eigenvalue weighted by Crippen LogP contribution is 2.43. The predicted octanol–water partition coefficient (Wildman–Crippen LogP) is 10.9. The van der Waals surface area contributed by atoms with Gasteiger partial charge in [0.2, 0.25) is 0 Å². The van der Waals surface area contributed by atoms with Crippen molar-refractivity contribution in [3.8, 4) is 0 Å². The van der Waals surface area contributed by atoms with Gasteiger partial charge < -0.3 is 9.80 Å². The van der Waals surface area contributed by atoms with Crippen LogP contribution < -0.4 is 9.80 Å². The number of benzene rings is 5. The average Bonchev–Trinajstić information content (AvgIpc) is 3.07. The van der Waals surface area contributed by atoms with Crippen molar-refractivity contribution in [2.75, 3.05) is 9.80 Å². The quantitative estimate of drug-likeness (QED) is 0.201. The lowest BCUT2D eigenvalue weighted by Crippen LogP contribution is -2.21. The average molecular weight is 545 g/mol. The Morgan fingerprint density at radius 2 is 0.952 bits per heavy atom. The number of anilines is 4. The van der Waals surface area contributed by atoms with E-state index in [0.717, 1.165) is 25.7 Å². The number of aryl methyl sites for hydroxylation is 1. The summed E-state index contributed by atoms with van der Waals surface area (Å²) in [7, 11) is 0. The number of nitrogens with zero attached hydrogens (tertiary/aromatic N) is 2. The first kappa shape index (κ1) is 26.1. The molecule has 0 amide bonds. The van der Waals surface area contributed by atoms with Crippen LogP contribution in [0.15, 0.2) is 151 Å². The Morgan fingerprint density at radius 3 is 1.64 bits per heavy atom. The Hall–Kier alpha value is -4.82. The Kier molecular flexibility index (Phi) is 7.43. The van der Waals surface area contributed by atoms with Crippen molar-refractivity contribution in [3.63, 3.8) is 0 Å². The third kappa shape index (κ3) is 5.17. The maximum Gasteiger partial charge on any atom is 0.0497 e. The lowest BCUT2D eigenvalue weighted by atomic mass is 9.89. The molecule has 2 aliphatic rings. The van der Waals surface area contributed by atoms with E-state index in [4.69, 9.17) is 0 Å². The van der Waals surface area contributed by atoms with Crippen LogP contribution in [0.3, 0.4) is 0 Å². The summed E-state index contributed by atoms with van der Waals surface area (Å²) in [5, 5.41) is 0. The van der Waals surface area contributed by atoms with E-state index in [2.05, 4.69) is 155 Å². The fraction of sp³-hybridized carbons (Fsp3) is 0.150. The molecule has 2 aliphatic carbocycles. The molecule has 0 aromatic heterocycles. The number of fused-ring (bicyclic) bond motifs is 1. The molecule has 2 nitrogen and oxygen atoms in total. The lowest BCUT2D eigenvalue weighted by molar-refractivity contribution is 0.703. The van der Waals surface area contributed by atoms with Crippen LogP contribution in [0.25, 0.3) is 11.3 Å². The lowest BCUT2D eigenvalue weighted by Gasteiger charge is -2.34. The van der Waals surface area contributed by atoms with E-state index < -0.39 is 0 Å². The third-order valence-corrected chi connectivity index (χ3v) is 8.51. The molecule has 0 saturated heterocycles. The molecule has 0 radical (unpaired) electrons. The number of para-hydroxylation sites is 2. The Morgan fingerprint density at radius 1 is 0.429 bits per heavy atom. The minimum absolute atomic E-state index is 1.05. The molecule has 0 bridgehead atoms. The second kappa shape index (κ2) is 12.0. The van der Waals surface area contributed by atoms with Crippen molar-refractivity contribution < 1.29 is 0 Å². The van der Waals surface area contributed by atoms with Crippen molar-refractivity contribution in [1.82, 2.24) is 0 Å². The van der Waals surface area contributed by atoms with Gasteiger partial charge in [-0.1, -0.05) is 97.1 Å². The van der Waals surface area contributed by atoms with Gasteiger partial charge in [-0.3, -0.25) is 0 Å². The van der Waals surface area contributed by atoms with Crippen LogP contribution in [0.5, 0.6) is 0 Å². The summed E-state index contributed by atoms with van der Waals surface area (Å²) < 4.78 is 0. The largest absolute Gasteiger partial charge is 0.314 e. The summed E-state index contributed by atoms with van der Waals surface area (Å²) in [5.74, 6) is 0. The highest BCUT2D eigenvalue weighted by Gasteiger charge is 2.24. The summed E-state index contributed by atoms with van der Waals surface area (Å²) in [4.78, 5) is 4.91. The number of hydrogen-bond donors (Lipinski definition) is 0. The zero-order valence-corrected chi connectivity index (χ0v) is 24.0. The zero-order valence-electron chi connectivity index (χ0n) is 24.0. The van der Waals surface area contributed by atoms with Gasteiger partial charge in [0.1, 0.15) is 0 Å². The van der Waals surface area contributed by atoms with Crippen molar-refractivity contribution in [2.45, 2.75) is 38.5 Å². The molecule has 0 saturated carbocycles. The van der Waals surface area contributed by atoms with Crippen LogP contribution in [0.1, 0.15) is 48.8 Å². The van der Waals surface area contributed by atoms with Crippen LogP contribution in [0.4, 0.5) is 22.7 Å². The van der Waals surface area contributed by atoms with E-state index in [1.807, 2.05) is 0 Å². The van der Waals surface area contributed by atoms with Crippen LogP contribution in [-0.4, -0.2) is 0 Å². The minimum Gasteiger partial charge on any atom is -0.314 e. The number of hydrogen-bond acceptors (Lipinski definition) is 2. The highest BCUT2D eigenvalue weighted by atomic mass is 15.2. The first-order chi connectivity index (χ1) is 20.9. The van der Waals surface area contributed by atoms with Crippen molar-refractivity contribution >= 4 is 34.0 Å². The summed E-state index contributed by atoms with van der Waals surface area (Å²) in [5.41, 5.74) is 13.0. The molecule has 0 atom stereocenters. The van der Waals surface area contributed by atoms with Crippen LogP contribution in [0.2, 0.25) is 0 Å². The summed E-state index contributed by atoms with van der Waals surface area (Å²) >= 11 is 0. The first-order valence-electron chi connectivity index (χ1n) is 15.2. The van der Waals surface area contributed by atoms with Crippen molar-refractivity contribution in [1.29, 1.82) is 0 Å². The van der Waals surface area contributed by atoms with E-state index >= 15 is 0 Å². The number of rotatable bonds is 7. The molecular weight excluding hydrogens is 508 g/mol. The molecule has 5 aromatic carbocycles. The molecule has 0 spiro atoms. The van der Waals surface area contributed by atoms with Gasteiger partial charge >= 0.3 is 0 Å². The summed E-state index contributed by atoms with van der Waals surface area (Å²) in [6.07, 6.45) is 9.16. The van der Waals surface area contributed by atoms with E-state index in [1.54, 1.807) is 0 Å². The normalized spacial score (nSPS) is 14.6. The van der Waals surface area contributed by atoms with E-state index in [-0.39, 0.29) is 0 Å². The number of allylic oxidation sites excluding steroid dienone is 3. The van der Waals surface area contributed by atoms with Crippen molar-refractivity contribution in [3.05, 3.63) is 168 Å². The fourth-order valence-electron chi connectivity index (χ4n) is 6.55. The third-order valence-electron chi connectivity index (χ3n) is 8.51. The second-order valence-electron chi connectivity index (χ2n) is 11.1. The van der Waals surface area contributed by atoms with Gasteiger partial charge in [0, 0.05) is 39.7 Å². The van der Waals surface area contributed by atoms with Crippen LogP contribution in [-0.2, 0) is 6.42 Å². The molecule has 42 heavy (non-hydrogen) atoms. The maximum atomic E-state index is 2.49. The predicted molar refractivity (Wildman–Crippen MR) is 178 cm³/mol. The summed E-state index contributed by atoms with van der Waals surface area (Å²) in [6, 6.07) is 50.6. The molecule has 0 heterocycles. The van der Waals surface area contributed by atoms with Gasteiger partial charge in [0.15, 0.2) is 0 Å². The van der Waals surface area contributed by atoms with Gasteiger partial charge in [-0.25, -0.2) is 0 Å². The van der Waals surface area contributed by atoms with Gasteiger partial charge in [-0.05, 0) is 104 Å². The Balaban J connectivity index is 1.34. The van der Waals surface area contributed by atoms with Gasteiger partial charge in [-0.15, -0.1) is 0 Å². The molecule has 2 heteroatoms. The molecule has 0 N–H and O–H groups in total. The molecule has 0 unspecified atom stereocenters. The first-order valence-corrected chi connectivity index (χ1v) is 15.2. The van der Waals surface area contributed by atoms with Gasteiger partial charge in [0.05, 0.1) is 0 Å². The molecule has 0 fully saturated rings. The monoisotopic (exact) mass is 544 g/mol. The molecule has 206 valence electrons. The SMILES string of the molecule is C1=C(N(c2ccccc2)c2ccc(N(C3=C(c4ccccc4)CCCC3)c3ccccc3)cc2)c2ccccc2CC1. The molecule has 7 rings (SSSR count). The van der Waals surface area contributed by atoms with E-state index in [1.165, 1.54) is 69.2 Å². The van der Waals surface area contributed by atoms with Crippen molar-refractivity contribution in [2.24, 2.45) is 0 Å². The molecular formula is C40H36N2. The van der Waals surface area contributed by atoms with Gasteiger partial charge in [0.25, 0.3) is 0 Å².